The summed E-state index contributed by atoms with van der Waals surface area (Å²) in [6, 6.07) is 5.43. The second-order valence-corrected chi connectivity index (χ2v) is 4.13. The molecule has 0 aromatic heterocycles. The number of carbonyl (C=O) groups excluding carboxylic acids is 1. The second kappa shape index (κ2) is 4.41. The minimum atomic E-state index is 0.0439. The van der Waals surface area contributed by atoms with Crippen LogP contribution in [0.1, 0.15) is 15.9 Å². The Kier molecular flexibility index (Phi) is 3.47. The van der Waals surface area contributed by atoms with Gasteiger partial charge in [-0.3, -0.25) is 0 Å². The van der Waals surface area contributed by atoms with E-state index in [1.165, 1.54) is 0 Å². The van der Waals surface area contributed by atoms with Crippen LogP contribution in [-0.2, 0) is 6.61 Å². The van der Waals surface area contributed by atoms with E-state index in [-0.39, 0.29) is 6.61 Å². The van der Waals surface area contributed by atoms with Gasteiger partial charge in [-0.25, -0.2) is 0 Å². The summed E-state index contributed by atoms with van der Waals surface area (Å²) in [5.74, 6) is 2.05. The average Bonchev–Trinajstić information content (AvgIpc) is 2.16. The van der Waals surface area contributed by atoms with Crippen molar-refractivity contribution in [1.29, 1.82) is 0 Å². The molecule has 0 spiro atoms. The maximum atomic E-state index is 10.5. The fourth-order valence-electron chi connectivity index (χ4n) is 0.951. The molecular weight excluding hydrogens is 219 g/mol. The van der Waals surface area contributed by atoms with Crippen molar-refractivity contribution in [2.45, 2.75) is 12.4 Å². The number of aliphatic hydroxyl groups excluding tert-OH is 1. The van der Waals surface area contributed by atoms with Crippen LogP contribution in [0.5, 0.6) is 0 Å². The van der Waals surface area contributed by atoms with Crippen molar-refractivity contribution in [3.8, 4) is 0 Å². The number of hydrogen-bond donors (Lipinski definition) is 1. The van der Waals surface area contributed by atoms with E-state index in [0.29, 0.717) is 15.0 Å². The van der Waals surface area contributed by atoms with Crippen LogP contribution in [0.3, 0.4) is 0 Å². The summed E-state index contributed by atoms with van der Waals surface area (Å²) >= 11 is 0.307. The summed E-state index contributed by atoms with van der Waals surface area (Å²) in [5, 5.41) is 8.84. The molecule has 64 valence electrons. The second-order valence-electron chi connectivity index (χ2n) is 2.35. The molecule has 0 aliphatic rings. The molecule has 0 amide bonds. The third-order valence-corrected chi connectivity index (χ3v) is 3.27. The molecule has 0 radical (unpaired) electrons. The third kappa shape index (κ3) is 1.94. The van der Waals surface area contributed by atoms with Crippen LogP contribution in [0, 0.1) is 0 Å². The molecule has 1 N–H and O–H groups in total. The van der Waals surface area contributed by atoms with Crippen LogP contribution in [0.15, 0.2) is 18.2 Å². The van der Waals surface area contributed by atoms with E-state index in [2.05, 4.69) is 5.82 Å². The SMILES string of the molecule is C[Se]c1cc(CO)ccc1C=O. The van der Waals surface area contributed by atoms with Gasteiger partial charge < -0.3 is 0 Å². The molecule has 0 aliphatic heterocycles. The first-order valence-corrected chi connectivity index (χ1v) is 6.11. The summed E-state index contributed by atoms with van der Waals surface area (Å²) in [5.41, 5.74) is 1.62. The first-order chi connectivity index (χ1) is 5.81. The number of carbonyl (C=O) groups is 1. The van der Waals surface area contributed by atoms with Crippen LogP contribution < -0.4 is 4.46 Å². The van der Waals surface area contributed by atoms with Gasteiger partial charge in [-0.2, -0.15) is 0 Å². The third-order valence-electron chi connectivity index (χ3n) is 1.61. The molecule has 0 unspecified atom stereocenters. The number of aldehydes is 1. The maximum absolute atomic E-state index is 10.5. The van der Waals surface area contributed by atoms with Crippen molar-refractivity contribution < 1.29 is 9.90 Å². The van der Waals surface area contributed by atoms with Crippen molar-refractivity contribution in [2.75, 3.05) is 0 Å². The van der Waals surface area contributed by atoms with Crippen LogP contribution in [-0.4, -0.2) is 26.3 Å². The molecule has 0 saturated carbocycles. The topological polar surface area (TPSA) is 37.3 Å². The fourth-order valence-corrected chi connectivity index (χ4v) is 2.25. The summed E-state index contributed by atoms with van der Waals surface area (Å²) in [6.07, 6.45) is 0.863. The van der Waals surface area contributed by atoms with Crippen LogP contribution >= 0.6 is 0 Å². The first-order valence-electron chi connectivity index (χ1n) is 3.54. The average molecular weight is 229 g/mol. The van der Waals surface area contributed by atoms with Crippen molar-refractivity contribution in [2.24, 2.45) is 0 Å². The van der Waals surface area contributed by atoms with Gasteiger partial charge in [-0.15, -0.1) is 0 Å². The Hall–Kier alpha value is -0.631. The van der Waals surface area contributed by atoms with E-state index >= 15 is 0 Å². The zero-order chi connectivity index (χ0) is 8.97. The zero-order valence-electron chi connectivity index (χ0n) is 6.78. The Morgan fingerprint density at radius 1 is 1.58 bits per heavy atom. The molecule has 3 heteroatoms. The van der Waals surface area contributed by atoms with Gasteiger partial charge >= 0.3 is 77.4 Å². The summed E-state index contributed by atoms with van der Waals surface area (Å²) in [4.78, 5) is 10.5. The molecule has 12 heavy (non-hydrogen) atoms. The van der Waals surface area contributed by atoms with Gasteiger partial charge in [-0.1, -0.05) is 0 Å². The van der Waals surface area contributed by atoms with E-state index in [9.17, 15) is 4.79 Å². The van der Waals surface area contributed by atoms with E-state index in [0.717, 1.165) is 21.9 Å². The molecule has 1 aromatic rings. The monoisotopic (exact) mass is 230 g/mol. The van der Waals surface area contributed by atoms with Crippen molar-refractivity contribution in [3.63, 3.8) is 0 Å². The summed E-state index contributed by atoms with van der Waals surface area (Å²) < 4.78 is 1.06. The van der Waals surface area contributed by atoms with Gasteiger partial charge in [0.25, 0.3) is 0 Å². The predicted molar refractivity (Wildman–Crippen MR) is 49.0 cm³/mol. The van der Waals surface area contributed by atoms with E-state index in [4.69, 9.17) is 5.11 Å². The quantitative estimate of drug-likeness (QED) is 0.600. The number of hydrogen-bond acceptors (Lipinski definition) is 2. The fraction of sp³-hybridized carbons (Fsp3) is 0.222. The first kappa shape index (κ1) is 9.46. The molecule has 2 nitrogen and oxygen atoms in total. The van der Waals surface area contributed by atoms with Crippen LogP contribution in [0.4, 0.5) is 0 Å². The van der Waals surface area contributed by atoms with Crippen molar-refractivity contribution in [1.82, 2.24) is 0 Å². The van der Waals surface area contributed by atoms with Gasteiger partial charge in [0.2, 0.25) is 0 Å². The molecule has 0 atom stereocenters. The van der Waals surface area contributed by atoms with Crippen molar-refractivity contribution >= 4 is 25.7 Å². The molecule has 0 saturated heterocycles. The molecule has 0 fully saturated rings. The standard InChI is InChI=1S/C9H10O2Se/c1-12-9-4-7(5-10)2-3-8(9)6-11/h2-4,6,10H,5H2,1H3. The minimum absolute atomic E-state index is 0.0439. The molecular formula is C9H10O2Se. The zero-order valence-corrected chi connectivity index (χ0v) is 8.49. The normalized spacial score (nSPS) is 9.83. The Bertz CT molecular complexity index is 284. The Labute approximate surface area is 77.8 Å². The molecule has 1 rings (SSSR count). The van der Waals surface area contributed by atoms with Crippen molar-refractivity contribution in [3.05, 3.63) is 29.3 Å². The van der Waals surface area contributed by atoms with E-state index < -0.39 is 0 Å². The number of rotatable bonds is 3. The predicted octanol–water partition coefficient (Wildman–Crippen LogP) is 0.369. The Morgan fingerprint density at radius 2 is 2.33 bits per heavy atom. The summed E-state index contributed by atoms with van der Waals surface area (Å²) in [6.45, 7) is 0.0439. The summed E-state index contributed by atoms with van der Waals surface area (Å²) in [7, 11) is 0. The molecule has 0 bridgehead atoms. The molecule has 1 aromatic carbocycles. The van der Waals surface area contributed by atoms with Gasteiger partial charge in [0, 0.05) is 0 Å². The van der Waals surface area contributed by atoms with Gasteiger partial charge in [0.15, 0.2) is 0 Å². The van der Waals surface area contributed by atoms with Gasteiger partial charge in [-0.05, 0) is 0 Å². The Balaban J connectivity index is 3.10. The Morgan fingerprint density at radius 3 is 2.83 bits per heavy atom. The van der Waals surface area contributed by atoms with Crippen LogP contribution in [0.25, 0.3) is 0 Å². The number of aliphatic hydroxyl groups is 1. The van der Waals surface area contributed by atoms with E-state index in [1.54, 1.807) is 12.1 Å². The van der Waals surface area contributed by atoms with Gasteiger partial charge in [0.05, 0.1) is 0 Å². The molecule has 0 aliphatic carbocycles. The van der Waals surface area contributed by atoms with Gasteiger partial charge in [0.1, 0.15) is 0 Å². The molecule has 0 heterocycles. The number of benzene rings is 1. The van der Waals surface area contributed by atoms with E-state index in [1.807, 2.05) is 6.07 Å². The van der Waals surface area contributed by atoms with Crippen LogP contribution in [0.2, 0.25) is 5.82 Å².